The third kappa shape index (κ3) is 6.43. The minimum absolute atomic E-state index is 0.859. The third-order valence-electron chi connectivity index (χ3n) is 4.91. The molecule has 0 radical (unpaired) electrons. The van der Waals surface area contributed by atoms with E-state index < -0.39 is 0 Å². The zero-order valence-corrected chi connectivity index (χ0v) is 17.4. The number of likely N-dealkylation sites (tertiary alicyclic amines) is 1. The van der Waals surface area contributed by atoms with Crippen LogP contribution in [0, 0.1) is 18.8 Å². The summed E-state index contributed by atoms with van der Waals surface area (Å²) in [6.07, 6.45) is 5.05. The molecule has 1 fully saturated rings. The molecular weight excluding hydrogens is 348 g/mol. The first kappa shape index (κ1) is 20.0. The van der Waals surface area contributed by atoms with Gasteiger partial charge in [0.2, 0.25) is 0 Å². The van der Waals surface area contributed by atoms with Gasteiger partial charge in [0.15, 0.2) is 0 Å². The van der Waals surface area contributed by atoms with Crippen LogP contribution in [-0.4, -0.2) is 31.6 Å². The number of nitrogens with one attached hydrogen (secondary N) is 1. The molecule has 0 aliphatic carbocycles. The van der Waals surface area contributed by atoms with Crippen LogP contribution in [0.1, 0.15) is 42.4 Å². The highest BCUT2D eigenvalue weighted by molar-refractivity contribution is 7.99. The monoisotopic (exact) mass is 378 g/mol. The SMILES string of the molecule is CNCc1cc(C#CCCN2CCCCC2)ccc1Sc1ccc(C)cc1. The van der Waals surface area contributed by atoms with E-state index in [9.17, 15) is 0 Å². The normalized spacial score (nSPS) is 14.6. The second-order valence-corrected chi connectivity index (χ2v) is 8.34. The molecular formula is C24H30N2S. The Morgan fingerprint density at radius 2 is 1.81 bits per heavy atom. The van der Waals surface area contributed by atoms with Crippen LogP contribution in [-0.2, 0) is 6.54 Å². The molecule has 0 atom stereocenters. The molecule has 1 heterocycles. The standard InChI is InChI=1S/C24H30N2S/c1-20-9-12-23(13-10-20)27-24-14-11-21(18-22(24)19-25-2)8-4-7-17-26-15-5-3-6-16-26/h9-14,18,25H,3,5-7,15-17,19H2,1-2H3. The summed E-state index contributed by atoms with van der Waals surface area (Å²) in [7, 11) is 2.00. The second-order valence-electron chi connectivity index (χ2n) is 7.22. The summed E-state index contributed by atoms with van der Waals surface area (Å²) in [5.41, 5.74) is 3.73. The van der Waals surface area contributed by atoms with Crippen LogP contribution in [0.15, 0.2) is 52.3 Å². The molecule has 0 amide bonds. The van der Waals surface area contributed by atoms with Crippen LogP contribution in [0.5, 0.6) is 0 Å². The van der Waals surface area contributed by atoms with E-state index in [0.717, 1.165) is 25.1 Å². The Kier molecular flexibility index (Phi) is 7.83. The molecule has 0 aromatic heterocycles. The zero-order valence-electron chi connectivity index (χ0n) is 16.6. The molecule has 0 bridgehead atoms. The maximum atomic E-state index is 3.37. The van der Waals surface area contributed by atoms with E-state index in [4.69, 9.17) is 0 Å². The zero-order chi connectivity index (χ0) is 18.9. The number of benzene rings is 2. The topological polar surface area (TPSA) is 15.3 Å². The molecule has 1 aliphatic heterocycles. The fourth-order valence-corrected chi connectivity index (χ4v) is 4.30. The van der Waals surface area contributed by atoms with Gasteiger partial charge in [0.05, 0.1) is 0 Å². The molecule has 2 aromatic carbocycles. The second kappa shape index (κ2) is 10.6. The van der Waals surface area contributed by atoms with Gasteiger partial charge in [-0.2, -0.15) is 0 Å². The Labute approximate surface area is 168 Å². The lowest BCUT2D eigenvalue weighted by atomic mass is 10.1. The average Bonchev–Trinajstić information content (AvgIpc) is 2.70. The van der Waals surface area contributed by atoms with Crippen molar-refractivity contribution in [1.82, 2.24) is 10.2 Å². The number of hydrogen-bond donors (Lipinski definition) is 1. The van der Waals surface area contributed by atoms with Gasteiger partial charge in [0.1, 0.15) is 0 Å². The van der Waals surface area contributed by atoms with Gasteiger partial charge in [-0.05, 0) is 75.8 Å². The first-order valence-electron chi connectivity index (χ1n) is 9.98. The number of rotatable bonds is 6. The van der Waals surface area contributed by atoms with Crippen LogP contribution in [0.3, 0.4) is 0 Å². The van der Waals surface area contributed by atoms with E-state index in [1.54, 1.807) is 0 Å². The van der Waals surface area contributed by atoms with Crippen molar-refractivity contribution in [1.29, 1.82) is 0 Å². The molecule has 2 nitrogen and oxygen atoms in total. The van der Waals surface area contributed by atoms with Crippen molar-refractivity contribution < 1.29 is 0 Å². The van der Waals surface area contributed by atoms with Crippen LogP contribution in [0.4, 0.5) is 0 Å². The maximum Gasteiger partial charge on any atom is 0.0249 e. The molecule has 142 valence electrons. The maximum absolute atomic E-state index is 3.37. The highest BCUT2D eigenvalue weighted by Crippen LogP contribution is 2.31. The number of aryl methyl sites for hydroxylation is 1. The van der Waals surface area contributed by atoms with Crippen LogP contribution in [0.25, 0.3) is 0 Å². The highest BCUT2D eigenvalue weighted by atomic mass is 32.2. The van der Waals surface area contributed by atoms with E-state index in [-0.39, 0.29) is 0 Å². The van der Waals surface area contributed by atoms with Gasteiger partial charge in [-0.25, -0.2) is 0 Å². The Hall–Kier alpha value is -1.73. The van der Waals surface area contributed by atoms with Gasteiger partial charge < -0.3 is 10.2 Å². The summed E-state index contributed by atoms with van der Waals surface area (Å²) in [6.45, 7) is 6.59. The van der Waals surface area contributed by atoms with E-state index in [1.807, 2.05) is 18.8 Å². The van der Waals surface area contributed by atoms with Crippen molar-refractivity contribution in [3.05, 3.63) is 59.2 Å². The Balaban J connectivity index is 1.64. The average molecular weight is 379 g/mol. The Morgan fingerprint density at radius 1 is 1.04 bits per heavy atom. The Bertz CT molecular complexity index is 780. The lowest BCUT2D eigenvalue weighted by Crippen LogP contribution is -2.30. The number of hydrogen-bond acceptors (Lipinski definition) is 3. The smallest absolute Gasteiger partial charge is 0.0249 e. The number of nitrogens with zero attached hydrogens (tertiary/aromatic N) is 1. The highest BCUT2D eigenvalue weighted by Gasteiger charge is 2.08. The van der Waals surface area contributed by atoms with Crippen molar-refractivity contribution >= 4 is 11.8 Å². The largest absolute Gasteiger partial charge is 0.316 e. The first-order valence-corrected chi connectivity index (χ1v) is 10.8. The van der Waals surface area contributed by atoms with Crippen LogP contribution >= 0.6 is 11.8 Å². The molecule has 2 aromatic rings. The van der Waals surface area contributed by atoms with Gasteiger partial charge in [-0.15, -0.1) is 0 Å². The van der Waals surface area contributed by atoms with Gasteiger partial charge in [-0.1, -0.05) is 47.7 Å². The van der Waals surface area contributed by atoms with Crippen molar-refractivity contribution in [2.75, 3.05) is 26.7 Å². The van der Waals surface area contributed by atoms with Crippen molar-refractivity contribution in [3.63, 3.8) is 0 Å². The summed E-state index contributed by atoms with van der Waals surface area (Å²) in [4.78, 5) is 5.12. The lowest BCUT2D eigenvalue weighted by Gasteiger charge is -2.25. The van der Waals surface area contributed by atoms with Crippen LogP contribution < -0.4 is 5.32 Å². The Morgan fingerprint density at radius 3 is 2.56 bits per heavy atom. The molecule has 0 unspecified atom stereocenters. The minimum Gasteiger partial charge on any atom is -0.316 e. The molecule has 3 heteroatoms. The van der Waals surface area contributed by atoms with Crippen molar-refractivity contribution in [3.8, 4) is 11.8 Å². The lowest BCUT2D eigenvalue weighted by molar-refractivity contribution is 0.234. The molecule has 1 saturated heterocycles. The summed E-state index contributed by atoms with van der Waals surface area (Å²) >= 11 is 1.82. The van der Waals surface area contributed by atoms with Crippen molar-refractivity contribution in [2.45, 2.75) is 48.9 Å². The van der Waals surface area contributed by atoms with E-state index >= 15 is 0 Å². The van der Waals surface area contributed by atoms with Crippen molar-refractivity contribution in [2.24, 2.45) is 0 Å². The third-order valence-corrected chi connectivity index (χ3v) is 6.04. The number of piperidine rings is 1. The van der Waals surface area contributed by atoms with Gasteiger partial charge >= 0.3 is 0 Å². The van der Waals surface area contributed by atoms with Gasteiger partial charge in [0, 0.05) is 34.9 Å². The van der Waals surface area contributed by atoms with Gasteiger partial charge in [-0.3, -0.25) is 0 Å². The summed E-state index contributed by atoms with van der Waals surface area (Å²) in [5.74, 6) is 6.74. The molecule has 1 aliphatic rings. The minimum atomic E-state index is 0.859. The molecule has 27 heavy (non-hydrogen) atoms. The first-order chi connectivity index (χ1) is 13.2. The van der Waals surface area contributed by atoms with E-state index in [2.05, 4.69) is 71.4 Å². The molecule has 0 spiro atoms. The van der Waals surface area contributed by atoms with Gasteiger partial charge in [0.25, 0.3) is 0 Å². The fourth-order valence-electron chi connectivity index (χ4n) is 3.38. The van der Waals surface area contributed by atoms with E-state index in [1.165, 1.54) is 53.3 Å². The molecule has 0 saturated carbocycles. The molecule has 1 N–H and O–H groups in total. The summed E-state index contributed by atoms with van der Waals surface area (Å²) < 4.78 is 0. The molecule has 3 rings (SSSR count). The summed E-state index contributed by atoms with van der Waals surface area (Å²) in [5, 5.41) is 3.29. The quantitative estimate of drug-likeness (QED) is 0.705. The fraction of sp³-hybridized carbons (Fsp3) is 0.417. The predicted molar refractivity (Wildman–Crippen MR) is 116 cm³/mol. The van der Waals surface area contributed by atoms with E-state index in [0.29, 0.717) is 0 Å². The summed E-state index contributed by atoms with van der Waals surface area (Å²) in [6, 6.07) is 15.3. The van der Waals surface area contributed by atoms with Crippen LogP contribution in [0.2, 0.25) is 0 Å². The predicted octanol–water partition coefficient (Wildman–Crippen LogP) is 5.09.